The van der Waals surface area contributed by atoms with Crippen LogP contribution >= 0.6 is 0 Å². The van der Waals surface area contributed by atoms with Gasteiger partial charge in [0.15, 0.2) is 12.6 Å². The van der Waals surface area contributed by atoms with Gasteiger partial charge in [-0.3, -0.25) is 4.79 Å². The van der Waals surface area contributed by atoms with E-state index in [-0.39, 0.29) is 19.6 Å². The average molecular weight is 1000 g/mol. The fourth-order valence-corrected chi connectivity index (χ4v) is 7.56. The first-order valence-corrected chi connectivity index (χ1v) is 26.5. The first-order chi connectivity index (χ1) is 34.6. The van der Waals surface area contributed by atoms with Gasteiger partial charge in [0.25, 0.3) is 0 Å². The van der Waals surface area contributed by atoms with E-state index in [2.05, 4.69) is 111 Å². The van der Waals surface area contributed by atoms with Crippen molar-refractivity contribution in [2.24, 2.45) is 0 Å². The molecule has 2 aliphatic rings. The maximum atomic E-state index is 13.0. The topological polar surface area (TPSA) is 214 Å². The summed E-state index contributed by atoms with van der Waals surface area (Å²) in [6.07, 6.45) is 41.7. The van der Waals surface area contributed by atoms with E-state index in [4.69, 9.17) is 28.4 Å². The minimum absolute atomic E-state index is 0.0191. The molecule has 0 aliphatic carbocycles. The smallest absolute Gasteiger partial charge is 0.306 e. The van der Waals surface area contributed by atoms with Gasteiger partial charge in [-0.15, -0.1) is 0 Å². The van der Waals surface area contributed by atoms with Crippen LogP contribution < -0.4 is 0 Å². The number of carbonyl (C=O) groups is 1. The van der Waals surface area contributed by atoms with Crippen molar-refractivity contribution in [3.8, 4) is 0 Å². The molecule has 2 heterocycles. The van der Waals surface area contributed by atoms with Gasteiger partial charge in [0.1, 0.15) is 54.9 Å². The zero-order chi connectivity index (χ0) is 51.6. The van der Waals surface area contributed by atoms with Crippen LogP contribution in [0.3, 0.4) is 0 Å². The van der Waals surface area contributed by atoms with E-state index in [9.17, 15) is 40.5 Å². The maximum Gasteiger partial charge on any atom is 0.306 e. The van der Waals surface area contributed by atoms with E-state index in [0.29, 0.717) is 13.0 Å². The van der Waals surface area contributed by atoms with Crippen LogP contribution in [-0.4, -0.2) is 142 Å². The molecule has 0 spiro atoms. The molecule has 0 aromatic carbocycles. The quantitative estimate of drug-likeness (QED) is 0.0175. The number of aliphatic hydroxyl groups is 7. The first kappa shape index (κ1) is 63.8. The lowest BCUT2D eigenvalue weighted by Gasteiger charge is -2.42. The van der Waals surface area contributed by atoms with Crippen LogP contribution in [0.2, 0.25) is 0 Å². The highest BCUT2D eigenvalue weighted by molar-refractivity contribution is 5.69. The fraction of sp³-hybridized carbons (Fsp3) is 0.667. The zero-order valence-corrected chi connectivity index (χ0v) is 42.9. The maximum absolute atomic E-state index is 13.0. The molecular weight excluding hydrogens is 909 g/mol. The Kier molecular flexibility index (Phi) is 38.7. The van der Waals surface area contributed by atoms with Gasteiger partial charge in [-0.2, -0.15) is 0 Å². The fourth-order valence-electron chi connectivity index (χ4n) is 7.56. The number of aliphatic hydroxyl groups excluding tert-OH is 7. The molecule has 0 aromatic rings. The number of unbranched alkanes of at least 4 members (excludes halogenated alkanes) is 8. The highest BCUT2D eigenvalue weighted by Gasteiger charge is 2.47. The Balaban J connectivity index is 1.75. The lowest BCUT2D eigenvalue weighted by molar-refractivity contribution is -0.332. The van der Waals surface area contributed by atoms with Gasteiger partial charge in [-0.1, -0.05) is 162 Å². The van der Waals surface area contributed by atoms with E-state index in [1.165, 1.54) is 25.7 Å². The molecule has 2 aliphatic heterocycles. The van der Waals surface area contributed by atoms with Crippen LogP contribution in [0.4, 0.5) is 0 Å². The van der Waals surface area contributed by atoms with Crippen LogP contribution in [0, 0.1) is 0 Å². The number of carbonyl (C=O) groups excluding carboxylic acids is 1. The third-order valence-corrected chi connectivity index (χ3v) is 11.8. The molecule has 71 heavy (non-hydrogen) atoms. The van der Waals surface area contributed by atoms with Crippen molar-refractivity contribution in [1.82, 2.24) is 0 Å². The van der Waals surface area contributed by atoms with Crippen molar-refractivity contribution in [2.75, 3.05) is 33.0 Å². The van der Waals surface area contributed by atoms with Gasteiger partial charge >= 0.3 is 5.97 Å². The van der Waals surface area contributed by atoms with Gasteiger partial charge in [0, 0.05) is 13.0 Å². The van der Waals surface area contributed by atoms with Gasteiger partial charge in [0.05, 0.1) is 26.4 Å². The highest BCUT2D eigenvalue weighted by Crippen LogP contribution is 2.26. The van der Waals surface area contributed by atoms with Gasteiger partial charge in [0.2, 0.25) is 0 Å². The molecule has 11 unspecified atom stereocenters. The standard InChI is InChI=1S/C57H92O14/c1-3-5-7-9-11-13-15-17-18-19-20-21-22-23-24-25-26-27-29-31-33-35-37-39-41-66-43-46(69-49(59)40-38-36-34-32-30-28-16-14-12-10-8-6-4-2)44-67-56-55(65)53(63)51(61)48(71-56)45-68-57-54(64)52(62)50(60)47(42-58)70-57/h5-8,11-14,17-18,20-21,23-24,28,30,34,36,46-48,50-58,60-65H,3-4,9-10,15-16,19,22,25-27,29,31-33,35,37-45H2,1-2H3/b7-5-,8-6-,13-11-,14-12-,18-17-,21-20-,24-23-,30-28-,36-34-. The van der Waals surface area contributed by atoms with Gasteiger partial charge in [-0.25, -0.2) is 0 Å². The number of ether oxygens (including phenoxy) is 6. The average Bonchev–Trinajstić information content (AvgIpc) is 3.37. The van der Waals surface area contributed by atoms with Crippen LogP contribution in [0.5, 0.6) is 0 Å². The van der Waals surface area contributed by atoms with Crippen molar-refractivity contribution >= 4 is 5.97 Å². The molecule has 2 rings (SSSR count). The minimum atomic E-state index is -1.73. The Morgan fingerprint density at radius 2 is 0.873 bits per heavy atom. The molecule has 2 saturated heterocycles. The van der Waals surface area contributed by atoms with Gasteiger partial charge in [-0.05, 0) is 83.5 Å². The van der Waals surface area contributed by atoms with Crippen LogP contribution in [0.15, 0.2) is 109 Å². The Hall–Kier alpha value is -3.35. The Bertz CT molecular complexity index is 1580. The molecule has 0 aromatic heterocycles. The Labute approximate surface area is 425 Å². The van der Waals surface area contributed by atoms with Crippen molar-refractivity contribution in [2.45, 2.75) is 210 Å². The molecule has 2 fully saturated rings. The summed E-state index contributed by atoms with van der Waals surface area (Å²) < 4.78 is 34.2. The number of esters is 1. The molecule has 7 N–H and O–H groups in total. The van der Waals surface area contributed by atoms with Crippen molar-refractivity contribution in [3.05, 3.63) is 109 Å². The molecule has 0 bridgehead atoms. The predicted octanol–water partition coefficient (Wildman–Crippen LogP) is 8.40. The Morgan fingerprint density at radius 1 is 0.465 bits per heavy atom. The molecule has 14 heteroatoms. The van der Waals surface area contributed by atoms with Crippen LogP contribution in [0.25, 0.3) is 0 Å². The zero-order valence-electron chi connectivity index (χ0n) is 42.9. The number of hydrogen-bond acceptors (Lipinski definition) is 14. The minimum Gasteiger partial charge on any atom is -0.457 e. The van der Waals surface area contributed by atoms with E-state index < -0.39 is 86.7 Å². The molecule has 11 atom stereocenters. The number of hydrogen-bond donors (Lipinski definition) is 7. The summed E-state index contributed by atoms with van der Waals surface area (Å²) in [4.78, 5) is 13.0. The van der Waals surface area contributed by atoms with E-state index >= 15 is 0 Å². The molecule has 404 valence electrons. The SMILES string of the molecule is CC/C=C\C/C=C\C/C=C\C/C=C\C/C=C\CCCCCCCCCCOCC(COC1OC(COC2OC(CO)C(O)C(O)C2O)C(O)C(O)C1O)OC(=O)CC/C=C\C/C=C\C/C=C\C/C=C\CC. The second-order valence-corrected chi connectivity index (χ2v) is 17.9. The number of allylic oxidation sites excluding steroid dienone is 18. The molecule has 14 nitrogen and oxygen atoms in total. The second-order valence-electron chi connectivity index (χ2n) is 17.9. The first-order valence-electron chi connectivity index (χ1n) is 26.5. The molecule has 0 saturated carbocycles. The third-order valence-electron chi connectivity index (χ3n) is 11.8. The Morgan fingerprint density at radius 3 is 1.37 bits per heavy atom. The lowest BCUT2D eigenvalue weighted by atomic mass is 9.98. The monoisotopic (exact) mass is 1000 g/mol. The van der Waals surface area contributed by atoms with Crippen molar-refractivity contribution < 1.29 is 69.0 Å². The second kappa shape index (κ2) is 43.1. The van der Waals surface area contributed by atoms with Gasteiger partial charge < -0.3 is 64.2 Å². The van der Waals surface area contributed by atoms with E-state index in [0.717, 1.165) is 89.9 Å². The van der Waals surface area contributed by atoms with Crippen molar-refractivity contribution in [1.29, 1.82) is 0 Å². The summed E-state index contributed by atoms with van der Waals surface area (Å²) in [5.41, 5.74) is 0. The third kappa shape index (κ3) is 30.4. The van der Waals surface area contributed by atoms with Crippen LogP contribution in [0.1, 0.15) is 142 Å². The normalized spacial score (nSPS) is 26.2. The summed E-state index contributed by atoms with van der Waals surface area (Å²) in [7, 11) is 0. The largest absolute Gasteiger partial charge is 0.457 e. The van der Waals surface area contributed by atoms with E-state index in [1.54, 1.807) is 0 Å². The summed E-state index contributed by atoms with van der Waals surface area (Å²) in [5, 5.41) is 72.1. The summed E-state index contributed by atoms with van der Waals surface area (Å²) in [5.74, 6) is -0.464. The van der Waals surface area contributed by atoms with E-state index in [1.807, 2.05) is 12.2 Å². The molecule has 0 radical (unpaired) electrons. The summed E-state index contributed by atoms with van der Waals surface area (Å²) >= 11 is 0. The summed E-state index contributed by atoms with van der Waals surface area (Å²) in [6, 6.07) is 0. The highest BCUT2D eigenvalue weighted by atomic mass is 16.7. The lowest BCUT2D eigenvalue weighted by Crippen LogP contribution is -2.61. The predicted molar refractivity (Wildman–Crippen MR) is 279 cm³/mol. The number of rotatable bonds is 40. The van der Waals surface area contributed by atoms with Crippen LogP contribution in [-0.2, 0) is 33.2 Å². The van der Waals surface area contributed by atoms with Crippen molar-refractivity contribution in [3.63, 3.8) is 0 Å². The summed E-state index contributed by atoms with van der Waals surface area (Å²) in [6.45, 7) is 3.30. The molecular formula is C57H92O14. The molecule has 0 amide bonds.